The van der Waals surface area contributed by atoms with Crippen molar-refractivity contribution in [2.45, 2.75) is 13.1 Å². The summed E-state index contributed by atoms with van der Waals surface area (Å²) >= 11 is 0. The van der Waals surface area contributed by atoms with E-state index in [2.05, 4.69) is 16.7 Å². The molecule has 0 spiro atoms. The van der Waals surface area contributed by atoms with Crippen LogP contribution in [0.15, 0.2) is 18.2 Å². The molecule has 3 heteroatoms. The van der Waals surface area contributed by atoms with E-state index in [0.717, 1.165) is 13.1 Å². The molecule has 0 unspecified atom stereocenters. The first-order valence-corrected chi connectivity index (χ1v) is 4.59. The van der Waals surface area contributed by atoms with Gasteiger partial charge in [0.05, 0.1) is 12.7 Å². The fourth-order valence-electron chi connectivity index (χ4n) is 1.81. The molecular formula is C11H13NO2. The van der Waals surface area contributed by atoms with Gasteiger partial charge in [-0.3, -0.25) is 4.90 Å². The van der Waals surface area contributed by atoms with E-state index < -0.39 is 0 Å². The molecule has 1 heterocycles. The van der Waals surface area contributed by atoms with E-state index in [4.69, 9.17) is 0 Å². The van der Waals surface area contributed by atoms with Crippen LogP contribution < -0.4 is 0 Å². The molecule has 0 atom stereocenters. The minimum absolute atomic E-state index is 0.262. The van der Waals surface area contributed by atoms with Gasteiger partial charge in [-0.15, -0.1) is 0 Å². The molecule has 0 aromatic heterocycles. The maximum Gasteiger partial charge on any atom is 0.337 e. The first kappa shape index (κ1) is 9.21. The Kier molecular flexibility index (Phi) is 2.25. The van der Waals surface area contributed by atoms with Crippen LogP contribution in [0.1, 0.15) is 21.5 Å². The summed E-state index contributed by atoms with van der Waals surface area (Å²) in [5, 5.41) is 0. The Labute approximate surface area is 83.3 Å². The number of rotatable bonds is 1. The molecule has 3 nitrogen and oxygen atoms in total. The normalized spacial score (nSPS) is 15.3. The van der Waals surface area contributed by atoms with Gasteiger partial charge in [-0.2, -0.15) is 0 Å². The molecule has 1 aromatic rings. The van der Waals surface area contributed by atoms with Crippen molar-refractivity contribution in [1.29, 1.82) is 0 Å². The van der Waals surface area contributed by atoms with Crippen LogP contribution in [-0.2, 0) is 17.8 Å². The molecule has 0 aliphatic carbocycles. The number of hydrogen-bond acceptors (Lipinski definition) is 3. The van der Waals surface area contributed by atoms with Gasteiger partial charge >= 0.3 is 5.97 Å². The van der Waals surface area contributed by atoms with Crippen LogP contribution in [0.4, 0.5) is 0 Å². The molecule has 0 N–H and O–H groups in total. The van der Waals surface area contributed by atoms with E-state index >= 15 is 0 Å². The Hall–Kier alpha value is -1.35. The lowest BCUT2D eigenvalue weighted by Gasteiger charge is -2.02. The summed E-state index contributed by atoms with van der Waals surface area (Å²) in [6.45, 7) is 1.89. The average molecular weight is 191 g/mol. The van der Waals surface area contributed by atoms with E-state index in [1.54, 1.807) is 0 Å². The highest BCUT2D eigenvalue weighted by molar-refractivity contribution is 5.89. The van der Waals surface area contributed by atoms with Gasteiger partial charge in [0.2, 0.25) is 0 Å². The monoisotopic (exact) mass is 191 g/mol. The highest BCUT2D eigenvalue weighted by Crippen LogP contribution is 2.22. The molecule has 1 aromatic carbocycles. The summed E-state index contributed by atoms with van der Waals surface area (Å²) in [7, 11) is 3.47. The highest BCUT2D eigenvalue weighted by atomic mass is 16.5. The molecule has 2 rings (SSSR count). The summed E-state index contributed by atoms with van der Waals surface area (Å²) in [6.07, 6.45) is 0. The number of esters is 1. The van der Waals surface area contributed by atoms with Crippen LogP contribution >= 0.6 is 0 Å². The third-order valence-electron chi connectivity index (χ3n) is 2.51. The summed E-state index contributed by atoms with van der Waals surface area (Å²) in [6, 6.07) is 5.75. The Balaban J connectivity index is 2.33. The van der Waals surface area contributed by atoms with Crippen molar-refractivity contribution in [3.05, 3.63) is 34.9 Å². The van der Waals surface area contributed by atoms with Gasteiger partial charge in [0.25, 0.3) is 0 Å². The second-order valence-corrected chi connectivity index (χ2v) is 3.65. The lowest BCUT2D eigenvalue weighted by Crippen LogP contribution is -2.07. The molecule has 1 aliphatic heterocycles. The number of fused-ring (bicyclic) bond motifs is 1. The molecule has 0 saturated heterocycles. The molecule has 0 amide bonds. The predicted octanol–water partition coefficient (Wildman–Crippen LogP) is 1.42. The van der Waals surface area contributed by atoms with E-state index in [1.165, 1.54) is 18.2 Å². The Morgan fingerprint density at radius 2 is 2.07 bits per heavy atom. The van der Waals surface area contributed by atoms with Crippen LogP contribution in [0.25, 0.3) is 0 Å². The van der Waals surface area contributed by atoms with Gasteiger partial charge in [-0.25, -0.2) is 4.79 Å². The first-order chi connectivity index (χ1) is 6.70. The third kappa shape index (κ3) is 1.51. The number of ether oxygens (including phenoxy) is 1. The molecule has 1 aliphatic rings. The number of benzene rings is 1. The number of nitrogens with zero attached hydrogens (tertiary/aromatic N) is 1. The average Bonchev–Trinajstić information content (AvgIpc) is 2.55. The van der Waals surface area contributed by atoms with Crippen molar-refractivity contribution in [3.63, 3.8) is 0 Å². The second kappa shape index (κ2) is 3.42. The largest absolute Gasteiger partial charge is 0.465 e. The van der Waals surface area contributed by atoms with Crippen LogP contribution in [-0.4, -0.2) is 25.0 Å². The van der Waals surface area contributed by atoms with Gasteiger partial charge in [0, 0.05) is 13.1 Å². The topological polar surface area (TPSA) is 29.5 Å². The zero-order valence-corrected chi connectivity index (χ0v) is 8.41. The zero-order chi connectivity index (χ0) is 10.1. The quantitative estimate of drug-likeness (QED) is 0.629. The minimum atomic E-state index is -0.262. The number of hydrogen-bond donors (Lipinski definition) is 0. The maximum atomic E-state index is 11.3. The lowest BCUT2D eigenvalue weighted by atomic mass is 10.1. The fourth-order valence-corrected chi connectivity index (χ4v) is 1.81. The van der Waals surface area contributed by atoms with Crippen molar-refractivity contribution < 1.29 is 9.53 Å². The molecule has 0 radical (unpaired) electrons. The van der Waals surface area contributed by atoms with Crippen LogP contribution in [0.5, 0.6) is 0 Å². The van der Waals surface area contributed by atoms with E-state index in [0.29, 0.717) is 5.56 Å². The van der Waals surface area contributed by atoms with Crippen LogP contribution in [0.3, 0.4) is 0 Å². The van der Waals surface area contributed by atoms with Gasteiger partial charge in [0.1, 0.15) is 0 Å². The summed E-state index contributed by atoms with van der Waals surface area (Å²) in [5.41, 5.74) is 3.18. The fraction of sp³-hybridized carbons (Fsp3) is 0.364. The summed E-state index contributed by atoms with van der Waals surface area (Å²) in [5.74, 6) is -0.262. The van der Waals surface area contributed by atoms with Crippen molar-refractivity contribution in [2.75, 3.05) is 14.2 Å². The van der Waals surface area contributed by atoms with E-state index in [9.17, 15) is 4.79 Å². The first-order valence-electron chi connectivity index (χ1n) is 4.59. The number of carbonyl (C=O) groups excluding carboxylic acids is 1. The number of methoxy groups -OCH3 is 1. The third-order valence-corrected chi connectivity index (χ3v) is 2.51. The standard InChI is InChI=1S/C11H13NO2/c1-12-6-9-4-3-8(11(13)14-2)5-10(9)7-12/h3-5H,6-7H2,1-2H3. The van der Waals surface area contributed by atoms with Gasteiger partial charge < -0.3 is 4.74 Å². The van der Waals surface area contributed by atoms with Crippen LogP contribution in [0, 0.1) is 0 Å². The molecule has 0 fully saturated rings. The summed E-state index contributed by atoms with van der Waals surface area (Å²) < 4.78 is 4.67. The van der Waals surface area contributed by atoms with E-state index in [-0.39, 0.29) is 5.97 Å². The van der Waals surface area contributed by atoms with Gasteiger partial charge in [0.15, 0.2) is 0 Å². The Morgan fingerprint density at radius 1 is 1.36 bits per heavy atom. The second-order valence-electron chi connectivity index (χ2n) is 3.65. The SMILES string of the molecule is COC(=O)c1ccc2c(c1)CN(C)C2. The van der Waals surface area contributed by atoms with Gasteiger partial charge in [-0.1, -0.05) is 6.07 Å². The molecule has 74 valence electrons. The lowest BCUT2D eigenvalue weighted by molar-refractivity contribution is 0.0600. The zero-order valence-electron chi connectivity index (χ0n) is 8.41. The minimum Gasteiger partial charge on any atom is -0.465 e. The van der Waals surface area contributed by atoms with Crippen molar-refractivity contribution in [3.8, 4) is 0 Å². The Morgan fingerprint density at radius 3 is 2.79 bits per heavy atom. The van der Waals surface area contributed by atoms with Gasteiger partial charge in [-0.05, 0) is 30.3 Å². The van der Waals surface area contributed by atoms with E-state index in [1.807, 2.05) is 18.2 Å². The van der Waals surface area contributed by atoms with Crippen LogP contribution in [0.2, 0.25) is 0 Å². The summed E-state index contributed by atoms with van der Waals surface area (Å²) in [4.78, 5) is 13.5. The van der Waals surface area contributed by atoms with Crippen molar-refractivity contribution >= 4 is 5.97 Å². The smallest absolute Gasteiger partial charge is 0.337 e. The maximum absolute atomic E-state index is 11.3. The van der Waals surface area contributed by atoms with Crippen molar-refractivity contribution in [2.24, 2.45) is 0 Å². The molecule has 14 heavy (non-hydrogen) atoms. The highest BCUT2D eigenvalue weighted by Gasteiger charge is 2.17. The predicted molar refractivity (Wildman–Crippen MR) is 53.0 cm³/mol. The Bertz CT molecular complexity index is 374. The molecule has 0 saturated carbocycles. The number of carbonyl (C=O) groups is 1. The molecular weight excluding hydrogens is 178 g/mol. The van der Waals surface area contributed by atoms with Crippen molar-refractivity contribution in [1.82, 2.24) is 4.90 Å². The molecule has 0 bridgehead atoms.